The first-order valence-corrected chi connectivity index (χ1v) is 9.49. The van der Waals surface area contributed by atoms with Crippen LogP contribution in [-0.4, -0.2) is 32.0 Å². The maximum atomic E-state index is 12.8. The normalized spacial score (nSPS) is 16.4. The van der Waals surface area contributed by atoms with Gasteiger partial charge in [0.15, 0.2) is 0 Å². The van der Waals surface area contributed by atoms with E-state index in [-0.39, 0.29) is 12.0 Å². The number of pyridine rings is 1. The highest BCUT2D eigenvalue weighted by atomic mass is 16.5. The number of hydrogen-bond donors (Lipinski definition) is 1. The first-order valence-electron chi connectivity index (χ1n) is 9.49. The highest BCUT2D eigenvalue weighted by Gasteiger charge is 2.24. The average Bonchev–Trinajstić information content (AvgIpc) is 3.49. The zero-order chi connectivity index (χ0) is 19.8. The van der Waals surface area contributed by atoms with Gasteiger partial charge in [-0.15, -0.1) is 0 Å². The maximum Gasteiger partial charge on any atom is 0.274 e. The van der Waals surface area contributed by atoms with Gasteiger partial charge in [-0.25, -0.2) is 4.98 Å². The van der Waals surface area contributed by atoms with Crippen LogP contribution in [-0.2, 0) is 4.74 Å². The number of imidazole rings is 1. The van der Waals surface area contributed by atoms with Gasteiger partial charge in [-0.3, -0.25) is 9.20 Å². The number of carbonyl (C=O) groups is 1. The van der Waals surface area contributed by atoms with Gasteiger partial charge in [-0.2, -0.15) is 4.98 Å². The molecule has 1 aromatic carbocycles. The molecular formula is C21H19N5O3. The van der Waals surface area contributed by atoms with Crippen molar-refractivity contribution in [3.63, 3.8) is 0 Å². The molecule has 0 bridgehead atoms. The highest BCUT2D eigenvalue weighted by Crippen LogP contribution is 2.30. The molecule has 1 amide bonds. The van der Waals surface area contributed by atoms with Crippen LogP contribution in [0.3, 0.4) is 0 Å². The quantitative estimate of drug-likeness (QED) is 0.571. The molecule has 8 nitrogen and oxygen atoms in total. The van der Waals surface area contributed by atoms with Crippen LogP contribution >= 0.6 is 0 Å². The third-order valence-electron chi connectivity index (χ3n) is 5.04. The summed E-state index contributed by atoms with van der Waals surface area (Å²) in [4.78, 5) is 21.6. The number of aromatic nitrogens is 4. The second-order valence-electron chi connectivity index (χ2n) is 7.01. The Morgan fingerprint density at radius 1 is 1.28 bits per heavy atom. The number of benzene rings is 1. The molecule has 4 heterocycles. The Hall–Kier alpha value is -3.52. The Balaban J connectivity index is 1.41. The van der Waals surface area contributed by atoms with Gasteiger partial charge in [-0.1, -0.05) is 23.4 Å². The van der Waals surface area contributed by atoms with Crippen molar-refractivity contribution in [2.45, 2.75) is 25.9 Å². The monoisotopic (exact) mass is 389 g/mol. The summed E-state index contributed by atoms with van der Waals surface area (Å²) in [5.74, 6) is 0.729. The van der Waals surface area contributed by atoms with Crippen LogP contribution in [0.5, 0.6) is 0 Å². The molecule has 4 aromatic rings. The molecule has 1 aliphatic heterocycles. The lowest BCUT2D eigenvalue weighted by atomic mass is 10.1. The lowest BCUT2D eigenvalue weighted by Gasteiger charge is -2.09. The zero-order valence-corrected chi connectivity index (χ0v) is 15.8. The summed E-state index contributed by atoms with van der Waals surface area (Å²) in [6.07, 6.45) is 5.13. The molecule has 8 heteroatoms. The number of anilines is 1. The number of ether oxygens (including phenoxy) is 1. The molecule has 1 unspecified atom stereocenters. The third-order valence-corrected chi connectivity index (χ3v) is 5.04. The summed E-state index contributed by atoms with van der Waals surface area (Å²) < 4.78 is 12.7. The smallest absolute Gasteiger partial charge is 0.274 e. The van der Waals surface area contributed by atoms with Gasteiger partial charge in [0.05, 0.1) is 6.20 Å². The van der Waals surface area contributed by atoms with E-state index in [2.05, 4.69) is 20.4 Å². The zero-order valence-electron chi connectivity index (χ0n) is 15.8. The van der Waals surface area contributed by atoms with E-state index in [0.29, 0.717) is 29.7 Å². The predicted molar refractivity (Wildman–Crippen MR) is 106 cm³/mol. The Morgan fingerprint density at radius 3 is 3.07 bits per heavy atom. The number of carbonyl (C=O) groups excluding carboxylic acids is 1. The molecule has 1 fully saturated rings. The molecule has 5 rings (SSSR count). The first kappa shape index (κ1) is 17.6. The standard InChI is InChI=1S/C21H19N5O3/c1-13-7-8-14(19-24-21(29-25-19)17-5-4-10-28-17)11-15(13)23-20(27)16-12-22-18-6-2-3-9-26(16)18/h2-3,6-9,11-12,17H,4-5,10H2,1H3,(H,23,27). The number of nitrogens with zero attached hydrogens (tertiary/aromatic N) is 4. The number of rotatable bonds is 4. The van der Waals surface area contributed by atoms with Crippen molar-refractivity contribution in [3.05, 3.63) is 65.9 Å². The van der Waals surface area contributed by atoms with Crippen molar-refractivity contribution in [2.75, 3.05) is 11.9 Å². The lowest BCUT2D eigenvalue weighted by molar-refractivity contribution is 0.0835. The molecule has 1 N–H and O–H groups in total. The third kappa shape index (κ3) is 3.27. The molecule has 1 atom stereocenters. The minimum absolute atomic E-state index is 0.129. The molecular weight excluding hydrogens is 370 g/mol. The number of nitrogens with one attached hydrogen (secondary N) is 1. The number of amides is 1. The van der Waals surface area contributed by atoms with Crippen molar-refractivity contribution in [1.82, 2.24) is 19.5 Å². The van der Waals surface area contributed by atoms with E-state index < -0.39 is 0 Å². The molecule has 3 aromatic heterocycles. The van der Waals surface area contributed by atoms with Crippen LogP contribution in [0.25, 0.3) is 17.0 Å². The topological polar surface area (TPSA) is 94.5 Å². The van der Waals surface area contributed by atoms with Gasteiger partial charge in [0.25, 0.3) is 11.8 Å². The molecule has 0 spiro atoms. The SMILES string of the molecule is Cc1ccc(-c2noc(C3CCCO3)n2)cc1NC(=O)c1cnc2ccccn12. The largest absolute Gasteiger partial charge is 0.368 e. The predicted octanol–water partition coefficient (Wildman–Crippen LogP) is 3.80. The van der Waals surface area contributed by atoms with Crippen molar-refractivity contribution >= 4 is 17.2 Å². The summed E-state index contributed by atoms with van der Waals surface area (Å²) in [7, 11) is 0. The van der Waals surface area contributed by atoms with E-state index in [1.165, 1.54) is 0 Å². The number of hydrogen-bond acceptors (Lipinski definition) is 6. The van der Waals surface area contributed by atoms with Crippen molar-refractivity contribution in [3.8, 4) is 11.4 Å². The fraction of sp³-hybridized carbons (Fsp3) is 0.238. The van der Waals surface area contributed by atoms with Crippen LogP contribution < -0.4 is 5.32 Å². The maximum absolute atomic E-state index is 12.8. The van der Waals surface area contributed by atoms with Crippen molar-refractivity contribution < 1.29 is 14.1 Å². The van der Waals surface area contributed by atoms with Gasteiger partial charge in [0.2, 0.25) is 5.82 Å². The minimum Gasteiger partial charge on any atom is -0.368 e. The van der Waals surface area contributed by atoms with E-state index in [0.717, 1.165) is 29.6 Å². The van der Waals surface area contributed by atoms with Crippen LogP contribution in [0.4, 0.5) is 5.69 Å². The number of fused-ring (bicyclic) bond motifs is 1. The molecule has 0 radical (unpaired) electrons. The summed E-state index contributed by atoms with van der Waals surface area (Å²) in [5.41, 5.74) is 3.56. The van der Waals surface area contributed by atoms with Gasteiger partial charge in [-0.05, 0) is 43.5 Å². The molecule has 0 saturated carbocycles. The van der Waals surface area contributed by atoms with Gasteiger partial charge in [0, 0.05) is 24.1 Å². The second kappa shape index (κ2) is 7.14. The molecule has 1 aliphatic rings. The van der Waals surface area contributed by atoms with Crippen LogP contribution in [0, 0.1) is 6.92 Å². The van der Waals surface area contributed by atoms with Crippen LogP contribution in [0.2, 0.25) is 0 Å². The molecule has 29 heavy (non-hydrogen) atoms. The van der Waals surface area contributed by atoms with Gasteiger partial charge >= 0.3 is 0 Å². The molecule has 146 valence electrons. The lowest BCUT2D eigenvalue weighted by Crippen LogP contribution is -2.15. The number of aryl methyl sites for hydroxylation is 1. The van der Waals surface area contributed by atoms with E-state index in [1.54, 1.807) is 10.6 Å². The van der Waals surface area contributed by atoms with Crippen molar-refractivity contribution in [1.29, 1.82) is 0 Å². The average molecular weight is 389 g/mol. The summed E-state index contributed by atoms with van der Waals surface area (Å²) in [6, 6.07) is 11.3. The molecule has 1 saturated heterocycles. The van der Waals surface area contributed by atoms with Crippen LogP contribution in [0.1, 0.15) is 40.9 Å². The Kier molecular flexibility index (Phi) is 4.33. The van der Waals surface area contributed by atoms with Gasteiger partial charge < -0.3 is 14.6 Å². The highest BCUT2D eigenvalue weighted by molar-refractivity contribution is 6.04. The summed E-state index contributed by atoms with van der Waals surface area (Å²) >= 11 is 0. The Bertz CT molecular complexity index is 1190. The minimum atomic E-state index is -0.239. The van der Waals surface area contributed by atoms with E-state index in [1.807, 2.05) is 49.5 Å². The molecule has 0 aliphatic carbocycles. The Morgan fingerprint density at radius 2 is 2.21 bits per heavy atom. The van der Waals surface area contributed by atoms with Gasteiger partial charge in [0.1, 0.15) is 17.4 Å². The second-order valence-corrected chi connectivity index (χ2v) is 7.01. The van der Waals surface area contributed by atoms with E-state index in [9.17, 15) is 4.79 Å². The fourth-order valence-electron chi connectivity index (χ4n) is 3.44. The first-order chi connectivity index (χ1) is 14.2. The Labute approximate surface area is 166 Å². The fourth-order valence-corrected chi connectivity index (χ4v) is 3.44. The van der Waals surface area contributed by atoms with Crippen LogP contribution in [0.15, 0.2) is 53.3 Å². The van der Waals surface area contributed by atoms with E-state index >= 15 is 0 Å². The van der Waals surface area contributed by atoms with Crippen molar-refractivity contribution in [2.24, 2.45) is 0 Å². The van der Waals surface area contributed by atoms with E-state index in [4.69, 9.17) is 9.26 Å². The summed E-state index contributed by atoms with van der Waals surface area (Å²) in [6.45, 7) is 2.65. The summed E-state index contributed by atoms with van der Waals surface area (Å²) in [5, 5.41) is 7.05.